The van der Waals surface area contributed by atoms with E-state index >= 15 is 0 Å². The monoisotopic (exact) mass is 501 g/mol. The number of sulfonamides is 1. The Hall–Kier alpha value is -3.67. The lowest BCUT2D eigenvalue weighted by atomic mass is 10.0. The molecule has 1 unspecified atom stereocenters. The second-order valence-corrected chi connectivity index (χ2v) is 11.0. The van der Waals surface area contributed by atoms with Crippen LogP contribution in [-0.2, 0) is 24.8 Å². The first-order valence-corrected chi connectivity index (χ1v) is 13.3. The van der Waals surface area contributed by atoms with E-state index < -0.39 is 31.2 Å². The maximum absolute atomic E-state index is 13.3. The van der Waals surface area contributed by atoms with Gasteiger partial charge in [0.25, 0.3) is 5.91 Å². The number of hydrogen-bond donors (Lipinski definition) is 3. The summed E-state index contributed by atoms with van der Waals surface area (Å²) in [6.07, 6.45) is 7.28. The van der Waals surface area contributed by atoms with Crippen LogP contribution >= 0.6 is 0 Å². The summed E-state index contributed by atoms with van der Waals surface area (Å²) in [6.45, 7) is 3.67. The topological polar surface area (TPSA) is 135 Å². The van der Waals surface area contributed by atoms with Gasteiger partial charge in [-0.15, -0.1) is 6.58 Å². The van der Waals surface area contributed by atoms with Crippen molar-refractivity contribution in [3.63, 3.8) is 0 Å². The van der Waals surface area contributed by atoms with Crippen LogP contribution in [0.5, 0.6) is 0 Å². The van der Waals surface area contributed by atoms with Crippen molar-refractivity contribution >= 4 is 37.7 Å². The average Bonchev–Trinajstić information content (AvgIpc) is 3.27. The Balaban J connectivity index is 2.04. The van der Waals surface area contributed by atoms with Gasteiger partial charge in [-0.1, -0.05) is 48.5 Å². The van der Waals surface area contributed by atoms with Crippen molar-refractivity contribution in [2.75, 3.05) is 11.0 Å². The smallest absolute Gasteiger partial charge is 0.267 e. The van der Waals surface area contributed by atoms with Crippen molar-refractivity contribution in [3.05, 3.63) is 96.8 Å². The molecule has 0 aliphatic rings. The van der Waals surface area contributed by atoms with Crippen molar-refractivity contribution in [1.29, 1.82) is 0 Å². The molecule has 3 rings (SSSR count). The van der Waals surface area contributed by atoms with Crippen LogP contribution in [-0.4, -0.2) is 38.2 Å². The minimum absolute atomic E-state index is 0.236. The van der Waals surface area contributed by atoms with Gasteiger partial charge in [0, 0.05) is 24.0 Å². The molecular formula is C23H23N3O6S2. The van der Waals surface area contributed by atoms with Crippen molar-refractivity contribution in [1.82, 2.24) is 9.45 Å². The van der Waals surface area contributed by atoms with Crippen molar-refractivity contribution in [3.8, 4) is 11.1 Å². The fraction of sp³-hybridized carbons (Fsp3) is 0.0870. The first-order valence-electron chi connectivity index (χ1n) is 9.89. The Bertz CT molecular complexity index is 1440. The molecule has 1 heterocycles. The lowest BCUT2D eigenvalue weighted by molar-refractivity contribution is -0.124. The van der Waals surface area contributed by atoms with Crippen LogP contribution in [0.15, 0.2) is 85.7 Å². The van der Waals surface area contributed by atoms with Gasteiger partial charge in [-0.25, -0.2) is 22.3 Å². The summed E-state index contributed by atoms with van der Waals surface area (Å²) in [7, 11) is -7.67. The Morgan fingerprint density at radius 3 is 2.41 bits per heavy atom. The number of aromatic nitrogens is 1. The number of carbonyl (C=O) groups is 1. The predicted octanol–water partition coefficient (Wildman–Crippen LogP) is 3.15. The number of anilines is 1. The molecule has 3 N–H and O–H groups in total. The van der Waals surface area contributed by atoms with Crippen LogP contribution in [0.2, 0.25) is 0 Å². The van der Waals surface area contributed by atoms with Gasteiger partial charge in [0.2, 0.25) is 20.0 Å². The van der Waals surface area contributed by atoms with Gasteiger partial charge in [0.15, 0.2) is 0 Å². The van der Waals surface area contributed by atoms with Gasteiger partial charge < -0.3 is 0 Å². The molecule has 0 saturated carbocycles. The molecule has 0 bridgehead atoms. The zero-order valence-corrected chi connectivity index (χ0v) is 19.8. The highest BCUT2D eigenvalue weighted by atomic mass is 32.2. The molecule has 3 aromatic rings. The SMILES string of the molecule is C=CC(c1ccc(-c2ccccc2)c(NS(C)(=O)=O)c1)S(=O)(=O)n1ccc(/C=C/C(=O)NO)c1. The van der Waals surface area contributed by atoms with Gasteiger partial charge in [0.05, 0.1) is 11.9 Å². The summed E-state index contributed by atoms with van der Waals surface area (Å²) in [5.41, 5.74) is 3.75. The Morgan fingerprint density at radius 1 is 1.09 bits per heavy atom. The van der Waals surface area contributed by atoms with Gasteiger partial charge >= 0.3 is 0 Å². The highest BCUT2D eigenvalue weighted by molar-refractivity contribution is 7.92. The summed E-state index contributed by atoms with van der Waals surface area (Å²) >= 11 is 0. The van der Waals surface area contributed by atoms with E-state index in [1.165, 1.54) is 42.2 Å². The first kappa shape index (κ1) is 25.0. The Kier molecular flexibility index (Phi) is 7.40. The fourth-order valence-electron chi connectivity index (χ4n) is 3.31. The van der Waals surface area contributed by atoms with Crippen LogP contribution in [0.1, 0.15) is 16.4 Å². The Morgan fingerprint density at radius 2 is 1.79 bits per heavy atom. The van der Waals surface area contributed by atoms with E-state index in [1.54, 1.807) is 12.1 Å². The maximum atomic E-state index is 13.3. The highest BCUT2D eigenvalue weighted by Crippen LogP contribution is 2.34. The van der Waals surface area contributed by atoms with E-state index in [9.17, 15) is 21.6 Å². The van der Waals surface area contributed by atoms with E-state index in [1.807, 2.05) is 30.3 Å². The third kappa shape index (κ3) is 5.81. The average molecular weight is 502 g/mol. The number of amides is 1. The number of hydroxylamine groups is 1. The third-order valence-corrected chi connectivity index (χ3v) is 7.32. The van der Waals surface area contributed by atoms with E-state index in [4.69, 9.17) is 5.21 Å². The van der Waals surface area contributed by atoms with E-state index in [-0.39, 0.29) is 5.69 Å². The number of carbonyl (C=O) groups excluding carboxylic acids is 1. The number of nitrogens with one attached hydrogen (secondary N) is 2. The van der Waals surface area contributed by atoms with Crippen LogP contribution in [0.4, 0.5) is 5.69 Å². The standard InChI is InChI=1S/C23H23N3O6S2/c1-3-22(34(31,32)26-14-13-17(16-26)9-12-23(27)24-28)19-10-11-20(18-7-5-4-6-8-18)21(15-19)25-33(2,29)30/h3-16,22,25,28H,1H2,2H3,(H,24,27)/b12-9+. The van der Waals surface area contributed by atoms with Gasteiger partial charge in [-0.3, -0.25) is 18.7 Å². The normalized spacial score (nSPS) is 12.9. The molecule has 1 aromatic heterocycles. The molecule has 0 aliphatic heterocycles. The summed E-state index contributed by atoms with van der Waals surface area (Å²) in [6, 6.07) is 15.3. The molecule has 178 valence electrons. The molecule has 2 aromatic carbocycles. The van der Waals surface area contributed by atoms with Gasteiger partial charge in [0.1, 0.15) is 5.25 Å². The third-order valence-electron chi connectivity index (χ3n) is 4.81. The molecular weight excluding hydrogens is 478 g/mol. The Labute approximate surface area is 198 Å². The van der Waals surface area contributed by atoms with E-state index in [0.717, 1.165) is 21.9 Å². The lowest BCUT2D eigenvalue weighted by Gasteiger charge is -2.18. The summed E-state index contributed by atoms with van der Waals surface area (Å²) in [5.74, 6) is -0.760. The molecule has 1 atom stereocenters. The minimum atomic E-state index is -4.03. The minimum Gasteiger partial charge on any atom is -0.288 e. The fourth-order valence-corrected chi connectivity index (χ4v) is 5.38. The molecule has 34 heavy (non-hydrogen) atoms. The number of benzene rings is 2. The predicted molar refractivity (Wildman–Crippen MR) is 131 cm³/mol. The largest absolute Gasteiger partial charge is 0.288 e. The number of nitrogens with zero attached hydrogens (tertiary/aromatic N) is 1. The van der Waals surface area contributed by atoms with Gasteiger partial charge in [-0.05, 0) is 34.9 Å². The first-order chi connectivity index (χ1) is 16.0. The number of hydrogen-bond acceptors (Lipinski definition) is 6. The van der Waals surface area contributed by atoms with Gasteiger partial charge in [-0.2, -0.15) is 0 Å². The summed E-state index contributed by atoms with van der Waals surface area (Å²) in [5, 5.41) is 7.37. The molecule has 1 amide bonds. The molecule has 0 saturated heterocycles. The zero-order chi connectivity index (χ0) is 24.9. The van der Waals surface area contributed by atoms with E-state index in [2.05, 4.69) is 11.3 Å². The maximum Gasteiger partial charge on any atom is 0.267 e. The van der Waals surface area contributed by atoms with Crippen molar-refractivity contribution in [2.45, 2.75) is 5.25 Å². The van der Waals surface area contributed by atoms with E-state index in [0.29, 0.717) is 16.7 Å². The highest BCUT2D eigenvalue weighted by Gasteiger charge is 2.27. The molecule has 11 heteroatoms. The van der Waals surface area contributed by atoms with Crippen LogP contribution < -0.4 is 10.2 Å². The summed E-state index contributed by atoms with van der Waals surface area (Å²) in [4.78, 5) is 11.2. The molecule has 0 radical (unpaired) electrons. The molecule has 0 spiro atoms. The van der Waals surface area contributed by atoms with Crippen LogP contribution in [0, 0.1) is 0 Å². The molecule has 0 fully saturated rings. The van der Waals surface area contributed by atoms with Crippen molar-refractivity contribution < 1.29 is 26.8 Å². The van der Waals surface area contributed by atoms with Crippen LogP contribution in [0.3, 0.4) is 0 Å². The quantitative estimate of drug-likeness (QED) is 0.178. The zero-order valence-electron chi connectivity index (χ0n) is 18.1. The second-order valence-electron chi connectivity index (χ2n) is 7.33. The van der Waals surface area contributed by atoms with Crippen molar-refractivity contribution in [2.24, 2.45) is 0 Å². The number of rotatable bonds is 9. The second kappa shape index (κ2) is 10.1. The van der Waals surface area contributed by atoms with Crippen LogP contribution in [0.25, 0.3) is 17.2 Å². The molecule has 0 aliphatic carbocycles. The lowest BCUT2D eigenvalue weighted by Crippen LogP contribution is -2.19. The molecule has 9 nitrogen and oxygen atoms in total. The summed E-state index contributed by atoms with van der Waals surface area (Å²) < 4.78 is 54.1.